The summed E-state index contributed by atoms with van der Waals surface area (Å²) in [4.78, 5) is 31.4. The highest BCUT2D eigenvalue weighted by atomic mass is 35.5. The molecule has 208 valence electrons. The Balaban J connectivity index is 1.50. The molecular formula is C23H17Cl3F3N9O2. The molecule has 11 nitrogen and oxygen atoms in total. The van der Waals surface area contributed by atoms with E-state index in [4.69, 9.17) is 34.8 Å². The number of anilines is 1. The zero-order chi connectivity index (χ0) is 28.6. The minimum absolute atomic E-state index is 0.00192. The number of hydrogen-bond donors (Lipinski definition) is 2. The molecule has 0 unspecified atom stereocenters. The maximum Gasteiger partial charge on any atom is 0.455 e. The van der Waals surface area contributed by atoms with Crippen LogP contribution in [0.25, 0.3) is 5.82 Å². The molecule has 4 aromatic rings. The van der Waals surface area contributed by atoms with Crippen LogP contribution in [-0.2, 0) is 12.7 Å². The van der Waals surface area contributed by atoms with Crippen LogP contribution in [0.2, 0.25) is 15.1 Å². The van der Waals surface area contributed by atoms with Crippen LogP contribution < -0.4 is 10.6 Å². The number of nitrogens with zero attached hydrogens (tertiary/aromatic N) is 7. The van der Waals surface area contributed by atoms with Gasteiger partial charge in [0.2, 0.25) is 0 Å². The third-order valence-corrected chi connectivity index (χ3v) is 6.73. The molecule has 5 rings (SSSR count). The van der Waals surface area contributed by atoms with E-state index in [9.17, 15) is 22.8 Å². The number of alkyl halides is 3. The van der Waals surface area contributed by atoms with Gasteiger partial charge in [-0.25, -0.2) is 9.67 Å². The second kappa shape index (κ2) is 11.0. The molecule has 1 aromatic carbocycles. The molecular weight excluding hydrogens is 598 g/mol. The minimum atomic E-state index is -4.79. The predicted molar refractivity (Wildman–Crippen MR) is 138 cm³/mol. The second-order valence-electron chi connectivity index (χ2n) is 8.75. The van der Waals surface area contributed by atoms with Gasteiger partial charge in [0, 0.05) is 17.3 Å². The van der Waals surface area contributed by atoms with Crippen molar-refractivity contribution in [3.8, 4) is 5.82 Å². The Kier molecular flexibility index (Phi) is 7.66. The van der Waals surface area contributed by atoms with Crippen LogP contribution in [0.15, 0.2) is 36.5 Å². The number of aromatic nitrogens is 7. The van der Waals surface area contributed by atoms with Crippen molar-refractivity contribution >= 4 is 52.3 Å². The molecule has 1 aliphatic carbocycles. The average molecular weight is 615 g/mol. The molecule has 17 heteroatoms. The molecule has 1 aliphatic rings. The highest BCUT2D eigenvalue weighted by Gasteiger charge is 2.37. The number of pyridine rings is 1. The number of hydrogen-bond acceptors (Lipinski definition) is 7. The lowest BCUT2D eigenvalue weighted by Gasteiger charge is -2.27. The largest absolute Gasteiger partial charge is 0.455 e. The van der Waals surface area contributed by atoms with Crippen molar-refractivity contribution in [3.63, 3.8) is 0 Å². The molecule has 0 bridgehead atoms. The Morgan fingerprint density at radius 1 is 1.05 bits per heavy atom. The summed E-state index contributed by atoms with van der Waals surface area (Å²) in [6.45, 7) is -0.364. The normalized spacial score (nSPS) is 13.7. The predicted octanol–water partition coefficient (Wildman–Crippen LogP) is 4.82. The lowest BCUT2D eigenvalue weighted by Crippen LogP contribution is -2.39. The Morgan fingerprint density at radius 3 is 2.48 bits per heavy atom. The molecule has 1 fully saturated rings. The van der Waals surface area contributed by atoms with Gasteiger partial charge in [0.25, 0.3) is 17.6 Å². The van der Waals surface area contributed by atoms with E-state index >= 15 is 0 Å². The van der Waals surface area contributed by atoms with Crippen molar-refractivity contribution in [2.45, 2.75) is 38.0 Å². The third kappa shape index (κ3) is 5.88. The smallest absolute Gasteiger partial charge is 0.349 e. The van der Waals surface area contributed by atoms with Gasteiger partial charge >= 0.3 is 6.18 Å². The summed E-state index contributed by atoms with van der Waals surface area (Å²) in [5, 5.41) is 19.8. The minimum Gasteiger partial charge on any atom is -0.349 e. The first-order valence-electron chi connectivity index (χ1n) is 11.7. The lowest BCUT2D eigenvalue weighted by molar-refractivity contribution is -0.145. The zero-order valence-electron chi connectivity index (χ0n) is 20.1. The standard InChI is InChI=1S/C23H17Cl3F3N9O2/c24-11-7-14(20(39)31-12-3-1-4-12)18(16(26)8-11)32-21(40)17-9-13(10-37-35-22(33-36-37)23(27,28)29)34-38(17)19-15(25)5-2-6-30-19/h2,5-9,12H,1,3-4,10H2,(H,31,39)(H,32,40). The van der Waals surface area contributed by atoms with E-state index in [1.165, 1.54) is 30.5 Å². The van der Waals surface area contributed by atoms with Crippen molar-refractivity contribution in [1.29, 1.82) is 0 Å². The fourth-order valence-electron chi connectivity index (χ4n) is 3.81. The molecule has 40 heavy (non-hydrogen) atoms. The van der Waals surface area contributed by atoms with Crippen LogP contribution in [-0.4, -0.2) is 52.8 Å². The van der Waals surface area contributed by atoms with Gasteiger partial charge in [-0.15, -0.1) is 10.2 Å². The first-order valence-corrected chi connectivity index (χ1v) is 12.8. The second-order valence-corrected chi connectivity index (χ2v) is 10.00. The lowest BCUT2D eigenvalue weighted by atomic mass is 9.93. The first kappa shape index (κ1) is 27.8. The van der Waals surface area contributed by atoms with E-state index in [2.05, 4.69) is 36.1 Å². The van der Waals surface area contributed by atoms with Crippen LogP contribution in [0, 0.1) is 0 Å². The summed E-state index contributed by atoms with van der Waals surface area (Å²) in [7, 11) is 0. The highest BCUT2D eigenvalue weighted by molar-refractivity contribution is 6.38. The summed E-state index contributed by atoms with van der Waals surface area (Å²) < 4.78 is 39.8. The molecule has 0 aliphatic heterocycles. The average Bonchev–Trinajstić information content (AvgIpc) is 3.51. The van der Waals surface area contributed by atoms with Gasteiger partial charge in [-0.3, -0.25) is 9.59 Å². The van der Waals surface area contributed by atoms with Crippen LogP contribution in [0.4, 0.5) is 18.9 Å². The first-order chi connectivity index (χ1) is 19.0. The maximum atomic E-state index is 13.6. The number of tetrazole rings is 1. The summed E-state index contributed by atoms with van der Waals surface area (Å²) in [5.74, 6) is -2.61. The zero-order valence-corrected chi connectivity index (χ0v) is 22.4. The van der Waals surface area contributed by atoms with Crippen LogP contribution >= 0.6 is 34.8 Å². The van der Waals surface area contributed by atoms with Gasteiger partial charge in [0.15, 0.2) is 5.82 Å². The Labute approximate surface area is 238 Å². The number of halogens is 6. The van der Waals surface area contributed by atoms with Gasteiger partial charge in [-0.05, 0) is 54.8 Å². The van der Waals surface area contributed by atoms with Crippen molar-refractivity contribution in [3.05, 3.63) is 74.4 Å². The van der Waals surface area contributed by atoms with Gasteiger partial charge in [-0.2, -0.15) is 23.1 Å². The number of amides is 2. The van der Waals surface area contributed by atoms with E-state index in [0.29, 0.717) is 4.80 Å². The fraction of sp³-hybridized carbons (Fsp3) is 0.261. The Bertz CT molecular complexity index is 1600. The number of rotatable bonds is 7. The molecule has 0 spiro atoms. The van der Waals surface area contributed by atoms with Gasteiger partial charge in [0.05, 0.1) is 27.0 Å². The van der Waals surface area contributed by atoms with Crippen molar-refractivity contribution < 1.29 is 22.8 Å². The quantitative estimate of drug-likeness (QED) is 0.305. The van der Waals surface area contributed by atoms with Gasteiger partial charge in [-0.1, -0.05) is 34.8 Å². The van der Waals surface area contributed by atoms with E-state index in [1.54, 1.807) is 6.07 Å². The molecule has 1 saturated carbocycles. The monoisotopic (exact) mass is 613 g/mol. The van der Waals surface area contributed by atoms with Crippen LogP contribution in [0.1, 0.15) is 51.6 Å². The SMILES string of the molecule is O=C(NC1CCC1)c1cc(Cl)cc(Cl)c1NC(=O)c1cc(Cn2nnc(C(F)(F)F)n2)nn1-c1ncccc1Cl. The van der Waals surface area contributed by atoms with Gasteiger partial charge in [0.1, 0.15) is 12.2 Å². The van der Waals surface area contributed by atoms with E-state index < -0.39 is 23.8 Å². The molecule has 2 N–H and O–H groups in total. The third-order valence-electron chi connectivity index (χ3n) is 5.92. The summed E-state index contributed by atoms with van der Waals surface area (Å²) in [6, 6.07) is 7.12. The van der Waals surface area contributed by atoms with Gasteiger partial charge < -0.3 is 10.6 Å². The van der Waals surface area contributed by atoms with E-state index in [0.717, 1.165) is 23.9 Å². The van der Waals surface area contributed by atoms with E-state index in [-0.39, 0.29) is 56.1 Å². The molecule has 2 amide bonds. The maximum absolute atomic E-state index is 13.6. The number of nitrogens with one attached hydrogen (secondary N) is 2. The molecule has 3 heterocycles. The van der Waals surface area contributed by atoms with Crippen molar-refractivity contribution in [2.75, 3.05) is 5.32 Å². The van der Waals surface area contributed by atoms with Crippen molar-refractivity contribution in [1.82, 2.24) is 40.3 Å². The van der Waals surface area contributed by atoms with Crippen LogP contribution in [0.5, 0.6) is 0 Å². The Morgan fingerprint density at radius 2 is 1.82 bits per heavy atom. The topological polar surface area (TPSA) is 133 Å². The molecule has 3 aromatic heterocycles. The number of benzene rings is 1. The fourth-order valence-corrected chi connectivity index (χ4v) is 4.55. The van der Waals surface area contributed by atoms with Crippen LogP contribution in [0.3, 0.4) is 0 Å². The summed E-state index contributed by atoms with van der Waals surface area (Å²) >= 11 is 18.8. The Hall–Kier alpha value is -3.75. The summed E-state index contributed by atoms with van der Waals surface area (Å²) in [5.41, 5.74) is 0.0137. The number of carbonyl (C=O) groups excluding carboxylic acids is 2. The van der Waals surface area contributed by atoms with E-state index in [1.807, 2.05) is 0 Å². The molecule has 0 atom stereocenters. The van der Waals surface area contributed by atoms with Crippen molar-refractivity contribution in [2.24, 2.45) is 0 Å². The number of carbonyl (C=O) groups is 2. The molecule has 0 saturated heterocycles. The summed E-state index contributed by atoms with van der Waals surface area (Å²) in [6.07, 6.45) is -0.712. The highest BCUT2D eigenvalue weighted by Crippen LogP contribution is 2.32. The molecule has 0 radical (unpaired) electrons.